The molecule has 3 rings (SSSR count). The molecule has 140 valence electrons. The quantitative estimate of drug-likeness (QED) is 0.725. The van der Waals surface area contributed by atoms with Crippen LogP contribution in [0.3, 0.4) is 0 Å². The van der Waals surface area contributed by atoms with Gasteiger partial charge in [-0.3, -0.25) is 4.79 Å². The van der Waals surface area contributed by atoms with E-state index in [0.717, 1.165) is 11.4 Å². The fourth-order valence-corrected chi connectivity index (χ4v) is 2.54. The Morgan fingerprint density at radius 1 is 1.22 bits per heavy atom. The summed E-state index contributed by atoms with van der Waals surface area (Å²) in [6, 6.07) is 12.0. The van der Waals surface area contributed by atoms with E-state index in [1.807, 2.05) is 31.2 Å². The van der Waals surface area contributed by atoms with Crippen LogP contribution in [0.4, 0.5) is 15.8 Å². The summed E-state index contributed by atoms with van der Waals surface area (Å²) in [6.45, 7) is 5.11. The number of carbonyl (C=O) groups excluding carboxylic acids is 1. The molecule has 0 saturated heterocycles. The van der Waals surface area contributed by atoms with Gasteiger partial charge in [0.05, 0.1) is 0 Å². The maximum atomic E-state index is 13.7. The van der Waals surface area contributed by atoms with E-state index in [9.17, 15) is 9.18 Å². The van der Waals surface area contributed by atoms with Crippen molar-refractivity contribution in [2.45, 2.75) is 26.8 Å². The molecule has 6 nitrogen and oxygen atoms in total. The number of amides is 1. The number of rotatable bonds is 5. The van der Waals surface area contributed by atoms with Gasteiger partial charge in [0.2, 0.25) is 17.6 Å². The Balaban J connectivity index is 1.71. The zero-order chi connectivity index (χ0) is 19.6. The fraction of sp³-hybridized carbons (Fsp3) is 0.250. The van der Waals surface area contributed by atoms with Gasteiger partial charge in [-0.2, -0.15) is 4.98 Å². The highest BCUT2D eigenvalue weighted by Gasteiger charge is 2.16. The van der Waals surface area contributed by atoms with Crippen LogP contribution in [-0.4, -0.2) is 23.1 Å². The highest BCUT2D eigenvalue weighted by atomic mass is 19.1. The fourth-order valence-electron chi connectivity index (χ4n) is 2.54. The Morgan fingerprint density at radius 2 is 1.93 bits per heavy atom. The SMILES string of the molecule is CC(=O)N(C)c1ccc(NC(C)c2nc(-c3ccc(C)c(F)c3)no2)cc1. The van der Waals surface area contributed by atoms with Crippen LogP contribution >= 0.6 is 0 Å². The van der Waals surface area contributed by atoms with Gasteiger partial charge in [-0.1, -0.05) is 17.3 Å². The van der Waals surface area contributed by atoms with Crippen molar-refractivity contribution in [2.24, 2.45) is 0 Å². The molecule has 0 bridgehead atoms. The predicted octanol–water partition coefficient (Wildman–Crippen LogP) is 4.34. The second-order valence-corrected chi connectivity index (χ2v) is 6.41. The Hall–Kier alpha value is -3.22. The first-order chi connectivity index (χ1) is 12.8. The molecule has 0 spiro atoms. The van der Waals surface area contributed by atoms with Gasteiger partial charge in [-0.25, -0.2) is 4.39 Å². The predicted molar refractivity (Wildman–Crippen MR) is 102 cm³/mol. The monoisotopic (exact) mass is 368 g/mol. The van der Waals surface area contributed by atoms with Gasteiger partial charge in [0.1, 0.15) is 11.9 Å². The summed E-state index contributed by atoms with van der Waals surface area (Å²) in [5.41, 5.74) is 2.79. The average Bonchev–Trinajstić information content (AvgIpc) is 3.14. The third-order valence-corrected chi connectivity index (χ3v) is 4.35. The number of hydrogen-bond acceptors (Lipinski definition) is 5. The number of aryl methyl sites for hydroxylation is 1. The van der Waals surface area contributed by atoms with Gasteiger partial charge in [0, 0.05) is 30.9 Å². The molecule has 0 saturated carbocycles. The molecular weight excluding hydrogens is 347 g/mol. The molecule has 0 radical (unpaired) electrons. The standard InChI is InChI=1S/C20H21FN4O2/c1-12-5-6-15(11-18(12)21)19-23-20(27-24-19)13(2)22-16-7-9-17(10-8-16)25(4)14(3)26/h5-11,13,22H,1-4H3. The normalized spacial score (nSPS) is 11.9. The lowest BCUT2D eigenvalue weighted by Crippen LogP contribution is -2.22. The molecule has 0 aliphatic rings. The smallest absolute Gasteiger partial charge is 0.249 e. The van der Waals surface area contributed by atoms with E-state index in [-0.39, 0.29) is 17.8 Å². The molecule has 1 N–H and O–H groups in total. The van der Waals surface area contributed by atoms with E-state index < -0.39 is 0 Å². The lowest BCUT2D eigenvalue weighted by molar-refractivity contribution is -0.116. The molecular formula is C20H21FN4O2. The highest BCUT2D eigenvalue weighted by molar-refractivity contribution is 5.91. The number of anilines is 2. The first-order valence-corrected chi connectivity index (χ1v) is 8.56. The number of aromatic nitrogens is 2. The number of nitrogens with zero attached hydrogens (tertiary/aromatic N) is 3. The summed E-state index contributed by atoms with van der Waals surface area (Å²) in [7, 11) is 1.72. The summed E-state index contributed by atoms with van der Waals surface area (Å²) in [5.74, 6) is 0.405. The van der Waals surface area contributed by atoms with Crippen LogP contribution in [0.1, 0.15) is 31.3 Å². The number of carbonyl (C=O) groups is 1. The minimum atomic E-state index is -0.305. The summed E-state index contributed by atoms with van der Waals surface area (Å²) in [5, 5.41) is 7.20. The zero-order valence-corrected chi connectivity index (χ0v) is 15.7. The topological polar surface area (TPSA) is 71.3 Å². The highest BCUT2D eigenvalue weighted by Crippen LogP contribution is 2.24. The first-order valence-electron chi connectivity index (χ1n) is 8.56. The number of hydrogen-bond donors (Lipinski definition) is 1. The minimum absolute atomic E-state index is 0.0324. The maximum absolute atomic E-state index is 13.7. The van der Waals surface area contributed by atoms with Gasteiger partial charge in [-0.05, 0) is 49.7 Å². The maximum Gasteiger partial charge on any atom is 0.249 e. The van der Waals surface area contributed by atoms with E-state index in [1.54, 1.807) is 31.0 Å². The molecule has 27 heavy (non-hydrogen) atoms. The molecule has 2 aromatic carbocycles. The number of halogens is 1. The number of nitrogens with one attached hydrogen (secondary N) is 1. The van der Waals surface area contributed by atoms with Crippen molar-refractivity contribution in [3.05, 3.63) is 59.7 Å². The number of benzene rings is 2. The largest absolute Gasteiger partial charge is 0.374 e. The lowest BCUT2D eigenvalue weighted by Gasteiger charge is -2.16. The van der Waals surface area contributed by atoms with Crippen LogP contribution in [-0.2, 0) is 4.79 Å². The van der Waals surface area contributed by atoms with Crippen LogP contribution in [0, 0.1) is 12.7 Å². The molecule has 0 aliphatic heterocycles. The molecule has 1 atom stereocenters. The van der Waals surface area contributed by atoms with Crippen molar-refractivity contribution in [3.63, 3.8) is 0 Å². The van der Waals surface area contributed by atoms with Crippen molar-refractivity contribution < 1.29 is 13.7 Å². The molecule has 1 unspecified atom stereocenters. The van der Waals surface area contributed by atoms with Crippen LogP contribution < -0.4 is 10.2 Å². The van der Waals surface area contributed by atoms with Gasteiger partial charge in [-0.15, -0.1) is 0 Å². The van der Waals surface area contributed by atoms with Gasteiger partial charge in [0.25, 0.3) is 0 Å². The van der Waals surface area contributed by atoms with Gasteiger partial charge >= 0.3 is 0 Å². The summed E-state index contributed by atoms with van der Waals surface area (Å²) in [4.78, 5) is 17.3. The second kappa shape index (κ2) is 7.57. The molecule has 1 heterocycles. The van der Waals surface area contributed by atoms with Crippen molar-refractivity contribution >= 4 is 17.3 Å². The van der Waals surface area contributed by atoms with Crippen LogP contribution in [0.15, 0.2) is 47.0 Å². The van der Waals surface area contributed by atoms with E-state index >= 15 is 0 Å². The Morgan fingerprint density at radius 3 is 2.56 bits per heavy atom. The third kappa shape index (κ3) is 4.13. The molecule has 3 aromatic rings. The van der Waals surface area contributed by atoms with Crippen molar-refractivity contribution in [1.82, 2.24) is 10.1 Å². The Kier molecular flexibility index (Phi) is 5.21. The van der Waals surface area contributed by atoms with Crippen LogP contribution in [0.2, 0.25) is 0 Å². The second-order valence-electron chi connectivity index (χ2n) is 6.41. The summed E-state index contributed by atoms with van der Waals surface area (Å²) >= 11 is 0. The van der Waals surface area contributed by atoms with E-state index in [2.05, 4.69) is 15.5 Å². The van der Waals surface area contributed by atoms with Crippen molar-refractivity contribution in [1.29, 1.82) is 0 Å². The van der Waals surface area contributed by atoms with Crippen LogP contribution in [0.25, 0.3) is 11.4 Å². The van der Waals surface area contributed by atoms with Crippen LogP contribution in [0.5, 0.6) is 0 Å². The van der Waals surface area contributed by atoms with Crippen molar-refractivity contribution in [2.75, 3.05) is 17.3 Å². The Bertz CT molecular complexity index is 953. The van der Waals surface area contributed by atoms with E-state index in [0.29, 0.717) is 22.8 Å². The Labute approximate surface area is 157 Å². The van der Waals surface area contributed by atoms with Gasteiger partial charge in [0.15, 0.2) is 0 Å². The summed E-state index contributed by atoms with van der Waals surface area (Å²) in [6.07, 6.45) is 0. The molecule has 0 aliphatic carbocycles. The average molecular weight is 368 g/mol. The first kappa shape index (κ1) is 18.6. The minimum Gasteiger partial charge on any atom is -0.374 e. The van der Waals surface area contributed by atoms with Gasteiger partial charge < -0.3 is 14.7 Å². The zero-order valence-electron chi connectivity index (χ0n) is 15.7. The van der Waals surface area contributed by atoms with E-state index in [1.165, 1.54) is 13.0 Å². The lowest BCUT2D eigenvalue weighted by atomic mass is 10.1. The van der Waals surface area contributed by atoms with E-state index in [4.69, 9.17) is 4.52 Å². The van der Waals surface area contributed by atoms with Crippen molar-refractivity contribution in [3.8, 4) is 11.4 Å². The molecule has 0 fully saturated rings. The summed E-state index contributed by atoms with van der Waals surface area (Å²) < 4.78 is 19.1. The molecule has 1 aromatic heterocycles. The molecule has 1 amide bonds. The third-order valence-electron chi connectivity index (χ3n) is 4.35. The molecule has 7 heteroatoms.